The quantitative estimate of drug-likeness (QED) is 0.568. The molecule has 0 bridgehead atoms. The lowest BCUT2D eigenvalue weighted by Gasteiger charge is -2.20. The van der Waals surface area contributed by atoms with Gasteiger partial charge in [0.1, 0.15) is 5.69 Å². The van der Waals surface area contributed by atoms with Crippen molar-refractivity contribution in [1.82, 2.24) is 4.90 Å². The lowest BCUT2D eigenvalue weighted by atomic mass is 10.1. The summed E-state index contributed by atoms with van der Waals surface area (Å²) in [5.41, 5.74) is 2.07. The fourth-order valence-electron chi connectivity index (χ4n) is 2.42. The molecule has 0 aliphatic heterocycles. The standard InChI is InChI=1S/C15H23N3O2/c1-16(2)9-4-10-17(3)14-8-7-13(12-5-6-12)11-15(14)18(19)20/h7-8,11-12H,4-6,9-10H2,1-3H3. The molecule has 0 saturated heterocycles. The van der Waals surface area contributed by atoms with E-state index in [1.165, 1.54) is 0 Å². The van der Waals surface area contributed by atoms with Crippen molar-refractivity contribution in [3.8, 4) is 0 Å². The Labute approximate surface area is 120 Å². The number of rotatable bonds is 7. The van der Waals surface area contributed by atoms with Crippen molar-refractivity contribution >= 4 is 11.4 Å². The summed E-state index contributed by atoms with van der Waals surface area (Å²) in [4.78, 5) is 15.1. The Bertz CT molecular complexity index is 484. The maximum absolute atomic E-state index is 11.3. The fourth-order valence-corrected chi connectivity index (χ4v) is 2.42. The summed E-state index contributed by atoms with van der Waals surface area (Å²) in [5.74, 6) is 0.543. The Balaban J connectivity index is 2.10. The molecule has 0 heterocycles. The Morgan fingerprint density at radius 1 is 1.25 bits per heavy atom. The van der Waals surface area contributed by atoms with E-state index in [1.807, 2.05) is 38.2 Å². The molecule has 1 aliphatic carbocycles. The van der Waals surface area contributed by atoms with Crippen molar-refractivity contribution in [2.24, 2.45) is 0 Å². The van der Waals surface area contributed by atoms with Crippen LogP contribution in [0.5, 0.6) is 0 Å². The Kier molecular flexibility index (Phi) is 4.60. The van der Waals surface area contributed by atoms with Crippen LogP contribution in [0.2, 0.25) is 0 Å². The average Bonchev–Trinajstić information content (AvgIpc) is 3.21. The van der Waals surface area contributed by atoms with Crippen LogP contribution >= 0.6 is 0 Å². The first kappa shape index (κ1) is 14.8. The molecule has 5 heteroatoms. The zero-order chi connectivity index (χ0) is 14.7. The van der Waals surface area contributed by atoms with Crippen molar-refractivity contribution in [2.45, 2.75) is 25.2 Å². The summed E-state index contributed by atoms with van der Waals surface area (Å²) < 4.78 is 0. The molecule has 20 heavy (non-hydrogen) atoms. The molecule has 1 fully saturated rings. The molecular weight excluding hydrogens is 254 g/mol. The van der Waals surface area contributed by atoms with Crippen LogP contribution < -0.4 is 4.90 Å². The molecule has 1 aliphatic rings. The van der Waals surface area contributed by atoms with E-state index in [0.717, 1.165) is 43.6 Å². The van der Waals surface area contributed by atoms with Crippen molar-refractivity contribution in [1.29, 1.82) is 0 Å². The van der Waals surface area contributed by atoms with Crippen molar-refractivity contribution in [2.75, 3.05) is 39.1 Å². The number of nitro benzene ring substituents is 1. The van der Waals surface area contributed by atoms with Crippen molar-refractivity contribution in [3.63, 3.8) is 0 Å². The van der Waals surface area contributed by atoms with Crippen molar-refractivity contribution in [3.05, 3.63) is 33.9 Å². The van der Waals surface area contributed by atoms with Gasteiger partial charge in [-0.05, 0) is 57.5 Å². The second-order valence-electron chi connectivity index (χ2n) is 5.86. The first-order valence-electron chi connectivity index (χ1n) is 7.13. The van der Waals surface area contributed by atoms with Gasteiger partial charge in [-0.2, -0.15) is 0 Å². The molecule has 0 spiro atoms. The zero-order valence-electron chi connectivity index (χ0n) is 12.5. The second kappa shape index (κ2) is 6.22. The summed E-state index contributed by atoms with van der Waals surface area (Å²) >= 11 is 0. The fraction of sp³-hybridized carbons (Fsp3) is 0.600. The van der Waals surface area contributed by atoms with E-state index in [9.17, 15) is 10.1 Å². The van der Waals surface area contributed by atoms with Crippen LogP contribution in [0, 0.1) is 10.1 Å². The molecule has 0 aromatic heterocycles. The van der Waals surface area contributed by atoms with E-state index in [4.69, 9.17) is 0 Å². The van der Waals surface area contributed by atoms with Gasteiger partial charge >= 0.3 is 0 Å². The van der Waals surface area contributed by atoms with Crippen LogP contribution in [0.15, 0.2) is 18.2 Å². The summed E-state index contributed by atoms with van der Waals surface area (Å²) in [6.45, 7) is 1.81. The van der Waals surface area contributed by atoms with Gasteiger partial charge in [0.25, 0.3) is 5.69 Å². The smallest absolute Gasteiger partial charge is 0.292 e. The average molecular weight is 277 g/mol. The number of hydrogen-bond acceptors (Lipinski definition) is 4. The van der Waals surface area contributed by atoms with E-state index in [0.29, 0.717) is 5.92 Å². The minimum absolute atomic E-state index is 0.238. The van der Waals surface area contributed by atoms with E-state index in [-0.39, 0.29) is 10.6 Å². The largest absolute Gasteiger partial charge is 0.369 e. The molecule has 0 atom stereocenters. The molecule has 5 nitrogen and oxygen atoms in total. The first-order chi connectivity index (χ1) is 9.49. The Hall–Kier alpha value is -1.62. The number of anilines is 1. The molecule has 1 aromatic rings. The Morgan fingerprint density at radius 3 is 2.50 bits per heavy atom. The third-order valence-electron chi connectivity index (χ3n) is 3.76. The molecule has 1 aromatic carbocycles. The highest BCUT2D eigenvalue weighted by Gasteiger charge is 2.27. The lowest BCUT2D eigenvalue weighted by Crippen LogP contribution is -2.24. The van der Waals surface area contributed by atoms with Crippen LogP contribution in [0.4, 0.5) is 11.4 Å². The number of benzene rings is 1. The molecular formula is C15H23N3O2. The van der Waals surface area contributed by atoms with E-state index in [1.54, 1.807) is 6.07 Å². The van der Waals surface area contributed by atoms with Gasteiger partial charge in [-0.15, -0.1) is 0 Å². The lowest BCUT2D eigenvalue weighted by molar-refractivity contribution is -0.384. The minimum atomic E-state index is -0.260. The number of nitro groups is 1. The van der Waals surface area contributed by atoms with Crippen LogP contribution in [0.1, 0.15) is 30.7 Å². The summed E-state index contributed by atoms with van der Waals surface area (Å²) in [5, 5.41) is 11.3. The second-order valence-corrected chi connectivity index (χ2v) is 5.86. The van der Waals surface area contributed by atoms with Gasteiger partial charge in [-0.25, -0.2) is 0 Å². The number of hydrogen-bond donors (Lipinski definition) is 0. The van der Waals surface area contributed by atoms with Crippen LogP contribution in [-0.4, -0.2) is 44.1 Å². The highest BCUT2D eigenvalue weighted by atomic mass is 16.6. The molecule has 110 valence electrons. The van der Waals surface area contributed by atoms with Gasteiger partial charge in [-0.3, -0.25) is 10.1 Å². The molecule has 2 rings (SSSR count). The van der Waals surface area contributed by atoms with Gasteiger partial charge in [0.15, 0.2) is 0 Å². The molecule has 0 unspecified atom stereocenters. The van der Waals surface area contributed by atoms with Crippen LogP contribution in [-0.2, 0) is 0 Å². The van der Waals surface area contributed by atoms with Crippen molar-refractivity contribution < 1.29 is 4.92 Å². The third-order valence-corrected chi connectivity index (χ3v) is 3.76. The van der Waals surface area contributed by atoms with Gasteiger partial charge in [0, 0.05) is 19.7 Å². The highest BCUT2D eigenvalue weighted by molar-refractivity contribution is 5.64. The SMILES string of the molecule is CN(C)CCCN(C)c1ccc(C2CC2)cc1[N+](=O)[O-]. The summed E-state index contributed by atoms with van der Waals surface area (Å²) in [6.07, 6.45) is 3.31. The zero-order valence-corrected chi connectivity index (χ0v) is 12.5. The van der Waals surface area contributed by atoms with E-state index >= 15 is 0 Å². The topological polar surface area (TPSA) is 49.6 Å². The first-order valence-corrected chi connectivity index (χ1v) is 7.13. The van der Waals surface area contributed by atoms with Crippen LogP contribution in [0.3, 0.4) is 0 Å². The van der Waals surface area contributed by atoms with E-state index in [2.05, 4.69) is 4.90 Å². The van der Waals surface area contributed by atoms with E-state index < -0.39 is 0 Å². The maximum atomic E-state index is 11.3. The van der Waals surface area contributed by atoms with Crippen LogP contribution in [0.25, 0.3) is 0 Å². The summed E-state index contributed by atoms with van der Waals surface area (Å²) in [7, 11) is 5.99. The maximum Gasteiger partial charge on any atom is 0.292 e. The predicted octanol–water partition coefficient (Wildman–Crippen LogP) is 2.86. The monoisotopic (exact) mass is 277 g/mol. The molecule has 1 saturated carbocycles. The summed E-state index contributed by atoms with van der Waals surface area (Å²) in [6, 6.07) is 5.71. The minimum Gasteiger partial charge on any atom is -0.369 e. The molecule has 0 N–H and O–H groups in total. The van der Waals surface area contributed by atoms with Gasteiger partial charge in [0.2, 0.25) is 0 Å². The number of nitrogens with zero attached hydrogens (tertiary/aromatic N) is 3. The molecule has 0 radical (unpaired) electrons. The van der Waals surface area contributed by atoms with Gasteiger partial charge in [0.05, 0.1) is 4.92 Å². The Morgan fingerprint density at radius 2 is 1.95 bits per heavy atom. The third kappa shape index (κ3) is 3.70. The van der Waals surface area contributed by atoms with Gasteiger partial charge < -0.3 is 9.80 Å². The predicted molar refractivity (Wildman–Crippen MR) is 81.5 cm³/mol. The van der Waals surface area contributed by atoms with Gasteiger partial charge in [-0.1, -0.05) is 6.07 Å². The highest BCUT2D eigenvalue weighted by Crippen LogP contribution is 2.42. The normalized spacial score (nSPS) is 14.6. The molecule has 0 amide bonds.